The molecule has 11 heteroatoms. The predicted octanol–water partition coefficient (Wildman–Crippen LogP) is -0.169. The molecule has 1 heterocycles. The van der Waals surface area contributed by atoms with E-state index < -0.39 is 82.0 Å². The summed E-state index contributed by atoms with van der Waals surface area (Å²) in [5.41, 5.74) is -7.15. The third-order valence-corrected chi connectivity index (χ3v) is 12.5. The van der Waals surface area contributed by atoms with Crippen LogP contribution >= 0.6 is 0 Å². The molecular formula is C31H43NO10. The van der Waals surface area contributed by atoms with E-state index in [-0.39, 0.29) is 17.9 Å². The SMILES string of the molecule is COC[C@@]12CC[C@H](OC)[C@]34C([C@H]([C@H](OC)[C@H]13)[C@]1(O)[C@H]3[C@@H](OC(=O)c5ccccc5)[C@](O)(C[C@]34O)[C@@H](OC)[C@@H]1O)N(C)C2. The van der Waals surface area contributed by atoms with Crippen molar-refractivity contribution in [2.75, 3.05) is 48.6 Å². The maximum atomic E-state index is 13.5. The van der Waals surface area contributed by atoms with Crippen molar-refractivity contribution < 1.29 is 48.9 Å². The highest BCUT2D eigenvalue weighted by atomic mass is 16.6. The smallest absolute Gasteiger partial charge is 0.338 e. The number of fused-ring (bicyclic) bond motifs is 2. The zero-order chi connectivity index (χ0) is 30.0. The number of aliphatic hydroxyl groups is 4. The van der Waals surface area contributed by atoms with E-state index in [9.17, 15) is 25.2 Å². The summed E-state index contributed by atoms with van der Waals surface area (Å²) in [5, 5.41) is 51.0. The van der Waals surface area contributed by atoms with Gasteiger partial charge in [-0.3, -0.25) is 0 Å². The molecular weight excluding hydrogens is 546 g/mol. The molecule has 1 spiro atoms. The van der Waals surface area contributed by atoms with Crippen LogP contribution in [0.2, 0.25) is 0 Å². The van der Waals surface area contributed by atoms with Crippen molar-refractivity contribution in [1.82, 2.24) is 4.90 Å². The van der Waals surface area contributed by atoms with Gasteiger partial charge in [-0.2, -0.15) is 0 Å². The lowest BCUT2D eigenvalue weighted by atomic mass is 9.41. The van der Waals surface area contributed by atoms with E-state index in [1.54, 1.807) is 51.7 Å². The van der Waals surface area contributed by atoms with Gasteiger partial charge >= 0.3 is 5.97 Å². The standard InChI is InChI=1S/C31H43NO10/c1-32-14-27(15-38-2)12-11-17(39-3)30-20(27)19(40-4)18(22(30)32)31(37)21-24(42-26(34)16-9-7-6-8-10-16)28(35,13-29(21,30)36)25(41-5)23(31)33/h6-10,17-25,33,35-37H,11-15H2,1-5H3/t17-,18-,19-,20+,21-,22?,23-,24+,25-,27-,28+,29-,30+,31-/m0/s1. The second-order valence-corrected chi connectivity index (χ2v) is 13.8. The number of hydrogen-bond donors (Lipinski definition) is 4. The average Bonchev–Trinajstić information content (AvgIpc) is 3.34. The summed E-state index contributed by atoms with van der Waals surface area (Å²) in [6.07, 6.45) is -4.33. The number of carbonyl (C=O) groups excluding carboxylic acids is 1. The molecule has 232 valence electrons. The van der Waals surface area contributed by atoms with Crippen LogP contribution in [-0.4, -0.2) is 133 Å². The van der Waals surface area contributed by atoms with Crippen molar-refractivity contribution in [3.63, 3.8) is 0 Å². The Hall–Kier alpha value is -1.67. The van der Waals surface area contributed by atoms with Crippen molar-refractivity contribution in [3.05, 3.63) is 35.9 Å². The first-order valence-corrected chi connectivity index (χ1v) is 14.9. The van der Waals surface area contributed by atoms with Crippen LogP contribution in [0, 0.1) is 28.6 Å². The molecule has 5 aliphatic carbocycles. The van der Waals surface area contributed by atoms with Crippen LogP contribution in [0.3, 0.4) is 0 Å². The molecule has 1 aromatic carbocycles. The molecule has 0 aromatic heterocycles. The Kier molecular flexibility index (Phi) is 6.35. The van der Waals surface area contributed by atoms with Gasteiger partial charge in [0.15, 0.2) is 0 Å². The fraction of sp³-hybridized carbons (Fsp3) is 0.774. The van der Waals surface area contributed by atoms with E-state index >= 15 is 0 Å². The number of methoxy groups -OCH3 is 4. The van der Waals surface area contributed by atoms with Crippen LogP contribution in [0.15, 0.2) is 30.3 Å². The van der Waals surface area contributed by atoms with Crippen LogP contribution < -0.4 is 0 Å². The van der Waals surface area contributed by atoms with E-state index in [1.807, 2.05) is 7.05 Å². The number of esters is 1. The van der Waals surface area contributed by atoms with E-state index in [4.69, 9.17) is 23.7 Å². The largest absolute Gasteiger partial charge is 0.455 e. The zero-order valence-electron chi connectivity index (χ0n) is 24.8. The lowest BCUT2D eigenvalue weighted by molar-refractivity contribution is -0.344. The molecule has 7 rings (SSSR count). The minimum Gasteiger partial charge on any atom is -0.455 e. The number of aliphatic hydroxyl groups excluding tert-OH is 1. The molecule has 5 saturated carbocycles. The quantitative estimate of drug-likeness (QED) is 0.315. The van der Waals surface area contributed by atoms with Gasteiger partial charge in [0.25, 0.3) is 0 Å². The molecule has 14 atom stereocenters. The molecule has 1 aliphatic heterocycles. The first-order chi connectivity index (χ1) is 20.0. The summed E-state index contributed by atoms with van der Waals surface area (Å²) in [5.74, 6) is -3.03. The number of benzene rings is 1. The Balaban J connectivity index is 1.50. The van der Waals surface area contributed by atoms with Gasteiger partial charge in [0.1, 0.15) is 29.5 Å². The summed E-state index contributed by atoms with van der Waals surface area (Å²) >= 11 is 0. The summed E-state index contributed by atoms with van der Waals surface area (Å²) in [6, 6.07) is 7.92. The lowest BCUT2D eigenvalue weighted by Gasteiger charge is -2.71. The van der Waals surface area contributed by atoms with Crippen molar-refractivity contribution in [2.45, 2.75) is 72.6 Å². The van der Waals surface area contributed by atoms with E-state index in [2.05, 4.69) is 4.90 Å². The number of nitrogens with zero attached hydrogens (tertiary/aromatic N) is 1. The van der Waals surface area contributed by atoms with E-state index in [0.717, 1.165) is 6.42 Å². The number of rotatable bonds is 7. The highest BCUT2D eigenvalue weighted by Crippen LogP contribution is 2.81. The topological polar surface area (TPSA) is 147 Å². The lowest BCUT2D eigenvalue weighted by Crippen LogP contribution is -2.84. The van der Waals surface area contributed by atoms with Gasteiger partial charge in [-0.25, -0.2) is 4.79 Å². The first-order valence-electron chi connectivity index (χ1n) is 14.9. The molecule has 0 amide bonds. The molecule has 11 nitrogen and oxygen atoms in total. The van der Waals surface area contributed by atoms with Gasteiger partial charge in [-0.05, 0) is 32.0 Å². The molecule has 6 fully saturated rings. The Morgan fingerprint density at radius 1 is 1.00 bits per heavy atom. The molecule has 0 radical (unpaired) electrons. The maximum Gasteiger partial charge on any atom is 0.338 e. The van der Waals surface area contributed by atoms with E-state index in [0.29, 0.717) is 19.6 Å². The fourth-order valence-corrected chi connectivity index (χ4v) is 11.9. The second-order valence-electron chi connectivity index (χ2n) is 13.8. The zero-order valence-corrected chi connectivity index (χ0v) is 24.8. The Morgan fingerprint density at radius 2 is 1.71 bits per heavy atom. The Labute approximate surface area is 245 Å². The highest BCUT2D eigenvalue weighted by molar-refractivity contribution is 5.89. The van der Waals surface area contributed by atoms with Crippen molar-refractivity contribution in [1.29, 1.82) is 0 Å². The van der Waals surface area contributed by atoms with Gasteiger partial charge in [-0.15, -0.1) is 0 Å². The average molecular weight is 590 g/mol. The summed E-state index contributed by atoms with van der Waals surface area (Å²) < 4.78 is 30.2. The number of hydrogen-bond acceptors (Lipinski definition) is 11. The number of ether oxygens (including phenoxy) is 5. The number of likely N-dealkylation sites (tertiary alicyclic amines) is 1. The van der Waals surface area contributed by atoms with Crippen LogP contribution in [-0.2, 0) is 23.7 Å². The van der Waals surface area contributed by atoms with Crippen molar-refractivity contribution in [3.8, 4) is 0 Å². The van der Waals surface area contributed by atoms with Crippen LogP contribution in [0.25, 0.3) is 0 Å². The molecule has 4 N–H and O–H groups in total. The summed E-state index contributed by atoms with van der Waals surface area (Å²) in [6.45, 7) is 1.04. The predicted molar refractivity (Wildman–Crippen MR) is 146 cm³/mol. The second kappa shape index (κ2) is 9.18. The monoisotopic (exact) mass is 589 g/mol. The minimum absolute atomic E-state index is 0.267. The maximum absolute atomic E-state index is 13.5. The Morgan fingerprint density at radius 3 is 2.33 bits per heavy atom. The molecule has 1 saturated heterocycles. The number of carbonyl (C=O) groups is 1. The van der Waals surface area contributed by atoms with Gasteiger partial charge in [0, 0.05) is 70.1 Å². The van der Waals surface area contributed by atoms with Crippen LogP contribution in [0.1, 0.15) is 29.6 Å². The normalized spacial score (nSPS) is 53.7. The highest BCUT2D eigenvalue weighted by Gasteiger charge is 2.94. The van der Waals surface area contributed by atoms with Crippen LogP contribution in [0.5, 0.6) is 0 Å². The van der Waals surface area contributed by atoms with Crippen molar-refractivity contribution in [2.24, 2.45) is 28.6 Å². The van der Waals surface area contributed by atoms with Gasteiger partial charge in [0.05, 0.1) is 35.9 Å². The Bertz CT molecular complexity index is 1250. The molecule has 6 aliphatic rings. The summed E-state index contributed by atoms with van der Waals surface area (Å²) in [4.78, 5) is 15.7. The molecule has 1 aromatic rings. The third kappa shape index (κ3) is 2.96. The number of piperidine rings is 1. The van der Waals surface area contributed by atoms with Crippen LogP contribution in [0.4, 0.5) is 0 Å². The molecule has 42 heavy (non-hydrogen) atoms. The first kappa shape index (κ1) is 29.1. The molecule has 1 unspecified atom stereocenters. The van der Waals surface area contributed by atoms with Gasteiger partial charge < -0.3 is 49.0 Å². The molecule has 7 bridgehead atoms. The van der Waals surface area contributed by atoms with Gasteiger partial charge in [0.2, 0.25) is 0 Å². The third-order valence-electron chi connectivity index (χ3n) is 12.5. The van der Waals surface area contributed by atoms with Crippen molar-refractivity contribution >= 4 is 5.97 Å². The fourth-order valence-electron chi connectivity index (χ4n) is 11.9. The van der Waals surface area contributed by atoms with Gasteiger partial charge in [-0.1, -0.05) is 18.2 Å². The summed E-state index contributed by atoms with van der Waals surface area (Å²) in [7, 11) is 8.21. The minimum atomic E-state index is -2.05. The van der Waals surface area contributed by atoms with E-state index in [1.165, 1.54) is 7.11 Å².